The van der Waals surface area contributed by atoms with Crippen molar-refractivity contribution in [1.29, 1.82) is 0 Å². The number of aromatic nitrogens is 1. The molecule has 0 radical (unpaired) electrons. The fourth-order valence-electron chi connectivity index (χ4n) is 2.55. The van der Waals surface area contributed by atoms with Crippen LogP contribution in [0.25, 0.3) is 0 Å². The van der Waals surface area contributed by atoms with E-state index in [2.05, 4.69) is 34.9 Å². The van der Waals surface area contributed by atoms with Gasteiger partial charge >= 0.3 is 0 Å². The van der Waals surface area contributed by atoms with Gasteiger partial charge in [-0.15, -0.1) is 0 Å². The molecular weight excluding hydrogens is 212 g/mol. The summed E-state index contributed by atoms with van der Waals surface area (Å²) in [4.78, 5) is 8.78. The highest BCUT2D eigenvalue weighted by atomic mass is 15.2. The second kappa shape index (κ2) is 5.36. The van der Waals surface area contributed by atoms with Gasteiger partial charge in [0.15, 0.2) is 0 Å². The minimum absolute atomic E-state index is 0.651. The van der Waals surface area contributed by atoms with Crippen LogP contribution in [0.5, 0.6) is 0 Å². The maximum atomic E-state index is 5.91. The van der Waals surface area contributed by atoms with E-state index in [0.29, 0.717) is 5.82 Å². The lowest BCUT2D eigenvalue weighted by Crippen LogP contribution is -2.37. The van der Waals surface area contributed by atoms with Gasteiger partial charge in [-0.05, 0) is 45.0 Å². The molecule has 0 aliphatic carbocycles. The summed E-state index contributed by atoms with van der Waals surface area (Å²) < 4.78 is 0. The van der Waals surface area contributed by atoms with Crippen molar-refractivity contribution in [2.75, 3.05) is 44.4 Å². The van der Waals surface area contributed by atoms with E-state index in [-0.39, 0.29) is 0 Å². The van der Waals surface area contributed by atoms with Gasteiger partial charge < -0.3 is 15.5 Å². The normalized spacial score (nSPS) is 17.7. The van der Waals surface area contributed by atoms with Gasteiger partial charge in [0.25, 0.3) is 0 Å². The Labute approximate surface area is 103 Å². The molecule has 1 aromatic rings. The molecule has 0 bridgehead atoms. The Morgan fingerprint density at radius 1 is 1.41 bits per heavy atom. The van der Waals surface area contributed by atoms with E-state index in [1.807, 2.05) is 6.07 Å². The lowest BCUT2D eigenvalue weighted by molar-refractivity contribution is 0.285. The third-order valence-electron chi connectivity index (χ3n) is 3.39. The minimum Gasteiger partial charge on any atom is -0.382 e. The monoisotopic (exact) mass is 234 g/mol. The Morgan fingerprint density at radius 3 is 2.71 bits per heavy atom. The van der Waals surface area contributed by atoms with E-state index in [4.69, 9.17) is 5.73 Å². The summed E-state index contributed by atoms with van der Waals surface area (Å²) in [5, 5.41) is 0. The Hall–Kier alpha value is -1.29. The lowest BCUT2D eigenvalue weighted by Gasteiger charge is -2.34. The summed E-state index contributed by atoms with van der Waals surface area (Å²) in [5.41, 5.74) is 7.00. The summed E-state index contributed by atoms with van der Waals surface area (Å²) in [7, 11) is 4.29. The van der Waals surface area contributed by atoms with E-state index in [1.54, 1.807) is 6.20 Å². The van der Waals surface area contributed by atoms with Gasteiger partial charge in [0.05, 0.1) is 5.69 Å². The molecule has 1 aliphatic rings. The average Bonchev–Trinajstić information content (AvgIpc) is 2.30. The topological polar surface area (TPSA) is 45.4 Å². The molecule has 2 heterocycles. The van der Waals surface area contributed by atoms with Crippen molar-refractivity contribution in [1.82, 2.24) is 9.88 Å². The first-order chi connectivity index (χ1) is 8.16. The maximum Gasteiger partial charge on any atom is 0.146 e. The summed E-state index contributed by atoms with van der Waals surface area (Å²) in [5.74, 6) is 1.47. The quantitative estimate of drug-likeness (QED) is 0.859. The van der Waals surface area contributed by atoms with Crippen molar-refractivity contribution < 1.29 is 0 Å². The zero-order valence-corrected chi connectivity index (χ0v) is 10.8. The molecule has 4 nitrogen and oxygen atoms in total. The molecular formula is C13H22N4. The van der Waals surface area contributed by atoms with Crippen LogP contribution in [0.2, 0.25) is 0 Å². The van der Waals surface area contributed by atoms with Crippen molar-refractivity contribution in [3.05, 3.63) is 18.3 Å². The third kappa shape index (κ3) is 3.09. The third-order valence-corrected chi connectivity index (χ3v) is 3.39. The Morgan fingerprint density at radius 2 is 2.12 bits per heavy atom. The van der Waals surface area contributed by atoms with Crippen LogP contribution in [-0.2, 0) is 0 Å². The summed E-state index contributed by atoms with van der Waals surface area (Å²) >= 11 is 0. The average molecular weight is 234 g/mol. The summed E-state index contributed by atoms with van der Waals surface area (Å²) in [6.45, 7) is 3.37. The van der Waals surface area contributed by atoms with Crippen LogP contribution in [-0.4, -0.2) is 43.6 Å². The fourth-order valence-corrected chi connectivity index (χ4v) is 2.55. The summed E-state index contributed by atoms with van der Waals surface area (Å²) in [6.07, 6.45) is 4.23. The summed E-state index contributed by atoms with van der Waals surface area (Å²) in [6, 6.07) is 4.02. The molecule has 0 amide bonds. The van der Waals surface area contributed by atoms with Gasteiger partial charge in [0.2, 0.25) is 0 Å². The smallest absolute Gasteiger partial charge is 0.146 e. The number of piperidine rings is 1. The van der Waals surface area contributed by atoms with Crippen molar-refractivity contribution in [2.24, 2.45) is 5.92 Å². The maximum absolute atomic E-state index is 5.91. The highest BCUT2D eigenvalue weighted by Crippen LogP contribution is 2.26. The highest BCUT2D eigenvalue weighted by Gasteiger charge is 2.20. The first-order valence-corrected chi connectivity index (χ1v) is 6.27. The molecule has 0 spiro atoms. The SMILES string of the molecule is CN(C)CC1CCN(c2cccnc2N)CC1. The number of pyridine rings is 1. The second-order valence-electron chi connectivity index (χ2n) is 5.10. The fraction of sp³-hybridized carbons (Fsp3) is 0.615. The molecule has 0 saturated carbocycles. The first-order valence-electron chi connectivity index (χ1n) is 6.27. The molecule has 0 atom stereocenters. The van der Waals surface area contributed by atoms with E-state index in [9.17, 15) is 0 Å². The second-order valence-corrected chi connectivity index (χ2v) is 5.10. The van der Waals surface area contributed by atoms with Gasteiger partial charge in [-0.25, -0.2) is 4.98 Å². The molecule has 94 valence electrons. The first kappa shape index (κ1) is 12.2. The van der Waals surface area contributed by atoms with Crippen molar-refractivity contribution in [3.63, 3.8) is 0 Å². The van der Waals surface area contributed by atoms with Crippen LogP contribution >= 0.6 is 0 Å². The van der Waals surface area contributed by atoms with Crippen LogP contribution < -0.4 is 10.6 Å². The number of nitrogens with zero attached hydrogens (tertiary/aromatic N) is 3. The predicted molar refractivity (Wildman–Crippen MR) is 72.1 cm³/mol. The zero-order valence-electron chi connectivity index (χ0n) is 10.8. The number of nitrogens with two attached hydrogens (primary N) is 1. The van der Waals surface area contributed by atoms with Crippen molar-refractivity contribution in [2.45, 2.75) is 12.8 Å². The predicted octanol–water partition coefficient (Wildman–Crippen LogP) is 1.44. The Bertz CT molecular complexity index is 356. The number of hydrogen-bond donors (Lipinski definition) is 1. The number of hydrogen-bond acceptors (Lipinski definition) is 4. The Kier molecular flexibility index (Phi) is 3.84. The molecule has 17 heavy (non-hydrogen) atoms. The van der Waals surface area contributed by atoms with Gasteiger partial charge in [-0.1, -0.05) is 0 Å². The Balaban J connectivity index is 1.93. The van der Waals surface area contributed by atoms with Crippen molar-refractivity contribution in [3.8, 4) is 0 Å². The molecule has 0 unspecified atom stereocenters. The van der Waals surface area contributed by atoms with Crippen LogP contribution in [0, 0.1) is 5.92 Å². The standard InChI is InChI=1S/C13H22N4/c1-16(2)10-11-5-8-17(9-6-11)12-4-3-7-15-13(12)14/h3-4,7,11H,5-6,8-10H2,1-2H3,(H2,14,15). The zero-order chi connectivity index (χ0) is 12.3. The number of anilines is 2. The van der Waals surface area contributed by atoms with E-state index in [1.165, 1.54) is 19.4 Å². The molecule has 1 fully saturated rings. The van der Waals surface area contributed by atoms with Crippen LogP contribution in [0.15, 0.2) is 18.3 Å². The van der Waals surface area contributed by atoms with Crippen LogP contribution in [0.1, 0.15) is 12.8 Å². The number of nitrogen functional groups attached to an aromatic ring is 1. The molecule has 1 aliphatic heterocycles. The van der Waals surface area contributed by atoms with Gasteiger partial charge in [-0.2, -0.15) is 0 Å². The van der Waals surface area contributed by atoms with Gasteiger partial charge in [-0.3, -0.25) is 0 Å². The van der Waals surface area contributed by atoms with Crippen molar-refractivity contribution >= 4 is 11.5 Å². The van der Waals surface area contributed by atoms with E-state index >= 15 is 0 Å². The van der Waals surface area contributed by atoms with Gasteiger partial charge in [0, 0.05) is 25.8 Å². The molecule has 0 aromatic carbocycles. The largest absolute Gasteiger partial charge is 0.382 e. The molecule has 1 saturated heterocycles. The molecule has 2 rings (SSSR count). The minimum atomic E-state index is 0.651. The lowest BCUT2D eigenvalue weighted by atomic mass is 9.96. The molecule has 2 N–H and O–H groups in total. The molecule has 1 aromatic heterocycles. The molecule has 4 heteroatoms. The van der Waals surface area contributed by atoms with E-state index < -0.39 is 0 Å². The van der Waals surface area contributed by atoms with Gasteiger partial charge in [0.1, 0.15) is 5.82 Å². The number of rotatable bonds is 3. The van der Waals surface area contributed by atoms with Crippen LogP contribution in [0.3, 0.4) is 0 Å². The van der Waals surface area contributed by atoms with E-state index in [0.717, 1.165) is 24.7 Å². The highest BCUT2D eigenvalue weighted by molar-refractivity contribution is 5.63. The van der Waals surface area contributed by atoms with Crippen LogP contribution in [0.4, 0.5) is 11.5 Å².